The molecule has 0 aliphatic heterocycles. The topological polar surface area (TPSA) is 29.9 Å². The molecule has 0 aliphatic carbocycles. The molecule has 0 saturated heterocycles. The van der Waals surface area contributed by atoms with Gasteiger partial charge in [-0.15, -0.1) is 11.3 Å². The van der Waals surface area contributed by atoms with Crippen molar-refractivity contribution in [2.24, 2.45) is 7.05 Å². The highest BCUT2D eigenvalue weighted by Crippen LogP contribution is 2.21. The lowest BCUT2D eigenvalue weighted by molar-refractivity contribution is 0.535. The van der Waals surface area contributed by atoms with Gasteiger partial charge in [0.25, 0.3) is 0 Å². The molecule has 3 rings (SSSR count). The molecule has 0 amide bonds. The second kappa shape index (κ2) is 6.00. The molecule has 110 valence electrons. The fourth-order valence-electron chi connectivity index (χ4n) is 2.73. The van der Waals surface area contributed by atoms with Crippen LogP contribution in [0.3, 0.4) is 0 Å². The number of benzene rings is 1. The molecule has 0 aliphatic rings. The third-order valence-corrected chi connectivity index (χ3v) is 4.96. The third-order valence-electron chi connectivity index (χ3n) is 4.00. The van der Waals surface area contributed by atoms with Crippen molar-refractivity contribution in [1.82, 2.24) is 14.9 Å². The summed E-state index contributed by atoms with van der Waals surface area (Å²) in [4.78, 5) is 6.19. The van der Waals surface area contributed by atoms with Crippen molar-refractivity contribution in [2.45, 2.75) is 32.9 Å². The molecule has 1 atom stereocenters. The van der Waals surface area contributed by atoms with E-state index in [9.17, 15) is 0 Å². The molecule has 1 N–H and O–H groups in total. The third kappa shape index (κ3) is 2.74. The number of aromatic nitrogens is 2. The van der Waals surface area contributed by atoms with Crippen LogP contribution in [0, 0.1) is 0 Å². The summed E-state index contributed by atoms with van der Waals surface area (Å²) in [6.07, 6.45) is 1.10. The highest BCUT2D eigenvalue weighted by molar-refractivity contribution is 7.10. The standard InChI is InChI=1S/C17H21N3S/c1-4-13-9-10-21-16(13)11-18-12(2)17-19-14-7-5-6-8-15(14)20(17)3/h5-10,12,18H,4,11H2,1-3H3. The van der Waals surface area contributed by atoms with E-state index >= 15 is 0 Å². The summed E-state index contributed by atoms with van der Waals surface area (Å²) >= 11 is 1.83. The van der Waals surface area contributed by atoms with Crippen molar-refractivity contribution in [1.29, 1.82) is 0 Å². The van der Waals surface area contributed by atoms with Crippen LogP contribution in [-0.2, 0) is 20.0 Å². The van der Waals surface area contributed by atoms with Crippen LogP contribution in [0.5, 0.6) is 0 Å². The molecule has 0 bridgehead atoms. The molecule has 2 heterocycles. The number of fused-ring (bicyclic) bond motifs is 1. The number of nitrogens with one attached hydrogen (secondary N) is 1. The Kier molecular flexibility index (Phi) is 4.08. The molecule has 1 unspecified atom stereocenters. The van der Waals surface area contributed by atoms with Crippen molar-refractivity contribution < 1.29 is 0 Å². The lowest BCUT2D eigenvalue weighted by atomic mass is 10.2. The molecule has 1 aromatic carbocycles. The molecule has 21 heavy (non-hydrogen) atoms. The zero-order valence-electron chi connectivity index (χ0n) is 12.8. The zero-order chi connectivity index (χ0) is 14.8. The Bertz CT molecular complexity index is 741. The van der Waals surface area contributed by atoms with E-state index < -0.39 is 0 Å². The molecular formula is C17H21N3S. The fraction of sp³-hybridized carbons (Fsp3) is 0.353. The SMILES string of the molecule is CCc1ccsc1CNC(C)c1nc2ccccc2n1C. The van der Waals surface area contributed by atoms with Crippen molar-refractivity contribution >= 4 is 22.4 Å². The number of hydrogen-bond donors (Lipinski definition) is 1. The van der Waals surface area contributed by atoms with E-state index in [4.69, 9.17) is 4.98 Å². The number of para-hydroxylation sites is 2. The molecule has 3 nitrogen and oxygen atoms in total. The van der Waals surface area contributed by atoms with Gasteiger partial charge in [-0.25, -0.2) is 4.98 Å². The van der Waals surface area contributed by atoms with Crippen molar-refractivity contribution in [3.8, 4) is 0 Å². The maximum Gasteiger partial charge on any atom is 0.126 e. The average Bonchev–Trinajstić information content (AvgIpc) is 3.09. The highest BCUT2D eigenvalue weighted by Gasteiger charge is 2.14. The average molecular weight is 299 g/mol. The van der Waals surface area contributed by atoms with Crippen LogP contribution in [0.15, 0.2) is 35.7 Å². The van der Waals surface area contributed by atoms with Crippen LogP contribution in [-0.4, -0.2) is 9.55 Å². The predicted octanol–water partition coefficient (Wildman–Crippen LogP) is 4.05. The largest absolute Gasteiger partial charge is 0.330 e. The first-order valence-electron chi connectivity index (χ1n) is 7.40. The lowest BCUT2D eigenvalue weighted by Crippen LogP contribution is -2.21. The van der Waals surface area contributed by atoms with Crippen LogP contribution < -0.4 is 5.32 Å². The predicted molar refractivity (Wildman–Crippen MR) is 89.7 cm³/mol. The van der Waals surface area contributed by atoms with E-state index in [1.54, 1.807) is 0 Å². The quantitative estimate of drug-likeness (QED) is 0.770. The van der Waals surface area contributed by atoms with Gasteiger partial charge in [0.15, 0.2) is 0 Å². The molecule has 0 spiro atoms. The molecule has 4 heteroatoms. The van der Waals surface area contributed by atoms with E-state index in [-0.39, 0.29) is 6.04 Å². The van der Waals surface area contributed by atoms with Gasteiger partial charge in [-0.2, -0.15) is 0 Å². The van der Waals surface area contributed by atoms with Crippen LogP contribution >= 0.6 is 11.3 Å². The second-order valence-electron chi connectivity index (χ2n) is 5.34. The highest BCUT2D eigenvalue weighted by atomic mass is 32.1. The Labute approximate surface area is 129 Å². The smallest absolute Gasteiger partial charge is 0.126 e. The van der Waals surface area contributed by atoms with Gasteiger partial charge >= 0.3 is 0 Å². The van der Waals surface area contributed by atoms with E-state index in [1.807, 2.05) is 17.4 Å². The Hall–Kier alpha value is -1.65. The Balaban J connectivity index is 1.78. The Morgan fingerprint density at radius 3 is 2.86 bits per heavy atom. The van der Waals surface area contributed by atoms with E-state index in [1.165, 1.54) is 16.0 Å². The number of hydrogen-bond acceptors (Lipinski definition) is 3. The fourth-order valence-corrected chi connectivity index (χ4v) is 3.65. The van der Waals surface area contributed by atoms with Crippen LogP contribution in [0.4, 0.5) is 0 Å². The summed E-state index contributed by atoms with van der Waals surface area (Å²) in [7, 11) is 2.09. The van der Waals surface area contributed by atoms with Gasteiger partial charge in [0, 0.05) is 18.5 Å². The van der Waals surface area contributed by atoms with Gasteiger partial charge in [0.05, 0.1) is 17.1 Å². The van der Waals surface area contributed by atoms with Gasteiger partial charge in [-0.05, 0) is 42.5 Å². The molecule has 2 aromatic heterocycles. The van der Waals surface area contributed by atoms with Crippen molar-refractivity contribution in [2.75, 3.05) is 0 Å². The Morgan fingerprint density at radius 2 is 2.10 bits per heavy atom. The normalized spacial score (nSPS) is 12.9. The maximum absolute atomic E-state index is 4.76. The lowest BCUT2D eigenvalue weighted by Gasteiger charge is -2.14. The summed E-state index contributed by atoms with van der Waals surface area (Å²) in [5.74, 6) is 1.09. The second-order valence-corrected chi connectivity index (χ2v) is 6.34. The first-order valence-corrected chi connectivity index (χ1v) is 8.28. The van der Waals surface area contributed by atoms with Crippen LogP contribution in [0.1, 0.15) is 36.2 Å². The molecular weight excluding hydrogens is 278 g/mol. The molecule has 0 saturated carbocycles. The minimum atomic E-state index is 0.231. The summed E-state index contributed by atoms with van der Waals surface area (Å²) in [6.45, 7) is 5.30. The number of thiophene rings is 1. The number of nitrogens with zero attached hydrogens (tertiary/aromatic N) is 2. The van der Waals surface area contributed by atoms with Crippen molar-refractivity contribution in [3.05, 3.63) is 52.0 Å². The molecule has 0 fully saturated rings. The summed E-state index contributed by atoms with van der Waals surface area (Å²) < 4.78 is 2.18. The minimum absolute atomic E-state index is 0.231. The van der Waals surface area contributed by atoms with Crippen LogP contribution in [0.25, 0.3) is 11.0 Å². The van der Waals surface area contributed by atoms with Gasteiger partial charge in [-0.3, -0.25) is 0 Å². The monoisotopic (exact) mass is 299 g/mol. The Morgan fingerprint density at radius 1 is 1.29 bits per heavy atom. The number of aryl methyl sites for hydroxylation is 2. The maximum atomic E-state index is 4.76. The number of imidazole rings is 1. The van der Waals surface area contributed by atoms with Crippen LogP contribution in [0.2, 0.25) is 0 Å². The minimum Gasteiger partial charge on any atom is -0.330 e. The summed E-state index contributed by atoms with van der Waals surface area (Å²) in [5, 5.41) is 5.78. The molecule has 0 radical (unpaired) electrons. The van der Waals surface area contributed by atoms with E-state index in [2.05, 4.69) is 60.4 Å². The van der Waals surface area contributed by atoms with E-state index in [0.29, 0.717) is 0 Å². The summed E-state index contributed by atoms with van der Waals surface area (Å²) in [6, 6.07) is 10.7. The zero-order valence-corrected chi connectivity index (χ0v) is 13.6. The van der Waals surface area contributed by atoms with E-state index in [0.717, 1.165) is 24.3 Å². The first kappa shape index (κ1) is 14.3. The van der Waals surface area contributed by atoms with Crippen molar-refractivity contribution in [3.63, 3.8) is 0 Å². The van der Waals surface area contributed by atoms with Gasteiger partial charge in [0.1, 0.15) is 5.82 Å². The number of rotatable bonds is 5. The van der Waals surface area contributed by atoms with Gasteiger partial charge in [0.2, 0.25) is 0 Å². The van der Waals surface area contributed by atoms with Gasteiger partial charge in [-0.1, -0.05) is 19.1 Å². The van der Waals surface area contributed by atoms with Gasteiger partial charge < -0.3 is 9.88 Å². The summed E-state index contributed by atoms with van der Waals surface area (Å²) in [5.41, 5.74) is 3.70. The first-order chi connectivity index (χ1) is 10.2. The molecule has 3 aromatic rings.